The van der Waals surface area contributed by atoms with Gasteiger partial charge in [0.1, 0.15) is 10.6 Å². The molecule has 8 heteroatoms. The Morgan fingerprint density at radius 3 is 2.30 bits per heavy atom. The maximum atomic E-state index is 12.4. The lowest BCUT2D eigenvalue weighted by atomic mass is 10.2. The van der Waals surface area contributed by atoms with Crippen molar-refractivity contribution in [2.24, 2.45) is 0 Å². The summed E-state index contributed by atoms with van der Waals surface area (Å²) < 4.78 is 31.9. The van der Waals surface area contributed by atoms with Crippen molar-refractivity contribution in [1.82, 2.24) is 9.88 Å². The summed E-state index contributed by atoms with van der Waals surface area (Å²) >= 11 is 0. The first-order valence-electron chi connectivity index (χ1n) is 7.03. The summed E-state index contributed by atoms with van der Waals surface area (Å²) in [6.07, 6.45) is 0. The van der Waals surface area contributed by atoms with Gasteiger partial charge in [0.05, 0.1) is 6.04 Å². The largest absolute Gasteiger partial charge is 0.360 e. The number of nitrogens with zero attached hydrogens (tertiary/aromatic N) is 1. The number of anilines is 1. The molecule has 1 atom stereocenters. The van der Waals surface area contributed by atoms with E-state index in [1.54, 1.807) is 12.1 Å². The van der Waals surface area contributed by atoms with Gasteiger partial charge in [0, 0.05) is 5.69 Å². The third-order valence-electron chi connectivity index (χ3n) is 3.28. The highest BCUT2D eigenvalue weighted by Crippen LogP contribution is 2.19. The second kappa shape index (κ2) is 6.51. The summed E-state index contributed by atoms with van der Waals surface area (Å²) in [5, 5.41) is 6.28. The zero-order chi connectivity index (χ0) is 17.2. The fourth-order valence-electron chi connectivity index (χ4n) is 2.09. The van der Waals surface area contributed by atoms with E-state index in [2.05, 4.69) is 15.2 Å². The van der Waals surface area contributed by atoms with Gasteiger partial charge in [0.2, 0.25) is 15.9 Å². The molecule has 124 valence electrons. The van der Waals surface area contributed by atoms with Crippen LogP contribution in [0.25, 0.3) is 0 Å². The monoisotopic (exact) mass is 337 g/mol. The summed E-state index contributed by atoms with van der Waals surface area (Å²) in [4.78, 5) is 12.1. The van der Waals surface area contributed by atoms with E-state index in [1.165, 1.54) is 20.8 Å². The van der Waals surface area contributed by atoms with E-state index in [9.17, 15) is 13.2 Å². The van der Waals surface area contributed by atoms with Crippen LogP contribution in [0.3, 0.4) is 0 Å². The van der Waals surface area contributed by atoms with E-state index in [0.29, 0.717) is 5.69 Å². The topological polar surface area (TPSA) is 101 Å². The van der Waals surface area contributed by atoms with Crippen molar-refractivity contribution in [2.75, 3.05) is 5.32 Å². The summed E-state index contributed by atoms with van der Waals surface area (Å²) in [6, 6.07) is 6.27. The molecule has 0 aliphatic rings. The Labute approximate surface area is 135 Å². The maximum Gasteiger partial charge on any atom is 0.246 e. The molecule has 0 saturated heterocycles. The van der Waals surface area contributed by atoms with Gasteiger partial charge in [-0.05, 0) is 39.8 Å². The van der Waals surface area contributed by atoms with Crippen LogP contribution in [-0.2, 0) is 14.8 Å². The Hall–Kier alpha value is -2.19. The first-order valence-corrected chi connectivity index (χ1v) is 8.52. The second-order valence-corrected chi connectivity index (χ2v) is 7.00. The van der Waals surface area contributed by atoms with Gasteiger partial charge in [-0.15, -0.1) is 0 Å². The molecule has 2 aromatic rings. The van der Waals surface area contributed by atoms with Crippen LogP contribution in [0.15, 0.2) is 33.7 Å². The summed E-state index contributed by atoms with van der Waals surface area (Å²) in [7, 11) is -3.89. The highest BCUT2D eigenvalue weighted by atomic mass is 32.2. The number of benzene rings is 1. The van der Waals surface area contributed by atoms with E-state index in [4.69, 9.17) is 4.52 Å². The number of aromatic nitrogens is 1. The smallest absolute Gasteiger partial charge is 0.246 e. The van der Waals surface area contributed by atoms with Crippen molar-refractivity contribution < 1.29 is 17.7 Å². The zero-order valence-corrected chi connectivity index (χ0v) is 14.2. The van der Waals surface area contributed by atoms with Gasteiger partial charge >= 0.3 is 0 Å². The molecule has 23 heavy (non-hydrogen) atoms. The van der Waals surface area contributed by atoms with Crippen molar-refractivity contribution in [3.63, 3.8) is 0 Å². The fraction of sp³-hybridized carbons (Fsp3) is 0.333. The van der Waals surface area contributed by atoms with Gasteiger partial charge in [0.15, 0.2) is 5.76 Å². The standard InChI is InChI=1S/C15H19N3O4S/c1-9-5-7-13(8-6-9)16-15(19)11(3)18-23(20,21)14-10(2)17-22-12(14)4/h5-8,11,18H,1-4H3,(H,16,19)/t11-/m0/s1. The van der Waals surface area contributed by atoms with Crippen molar-refractivity contribution in [3.8, 4) is 0 Å². The number of hydrogen-bond donors (Lipinski definition) is 2. The van der Waals surface area contributed by atoms with Gasteiger partial charge in [0.25, 0.3) is 0 Å². The number of aryl methyl sites for hydroxylation is 3. The van der Waals surface area contributed by atoms with Crippen molar-refractivity contribution in [1.29, 1.82) is 0 Å². The Balaban J connectivity index is 2.10. The minimum absolute atomic E-state index is 0.0347. The number of rotatable bonds is 5. The fourth-order valence-corrected chi connectivity index (χ4v) is 3.62. The molecule has 0 aliphatic carbocycles. The van der Waals surface area contributed by atoms with E-state index < -0.39 is 22.0 Å². The predicted molar refractivity (Wildman–Crippen MR) is 85.6 cm³/mol. The summed E-state index contributed by atoms with van der Waals surface area (Å²) in [5.74, 6) is -0.273. The molecule has 1 aromatic carbocycles. The van der Waals surface area contributed by atoms with Crippen molar-refractivity contribution in [3.05, 3.63) is 41.3 Å². The molecule has 0 bridgehead atoms. The number of carbonyl (C=O) groups excluding carboxylic acids is 1. The number of carbonyl (C=O) groups is 1. The highest BCUT2D eigenvalue weighted by Gasteiger charge is 2.28. The quantitative estimate of drug-likeness (QED) is 0.868. The zero-order valence-electron chi connectivity index (χ0n) is 13.4. The maximum absolute atomic E-state index is 12.4. The van der Waals surface area contributed by atoms with Crippen LogP contribution in [-0.4, -0.2) is 25.5 Å². The average Bonchev–Trinajstić information content (AvgIpc) is 2.80. The van der Waals surface area contributed by atoms with Crippen LogP contribution in [0.4, 0.5) is 5.69 Å². The molecule has 1 aromatic heterocycles. The molecule has 0 fully saturated rings. The summed E-state index contributed by atoms with van der Waals surface area (Å²) in [6.45, 7) is 6.44. The van der Waals surface area contributed by atoms with E-state index >= 15 is 0 Å². The lowest BCUT2D eigenvalue weighted by Gasteiger charge is -2.14. The Morgan fingerprint density at radius 2 is 1.78 bits per heavy atom. The van der Waals surface area contributed by atoms with Crippen molar-refractivity contribution in [2.45, 2.75) is 38.6 Å². The number of amides is 1. The molecule has 1 amide bonds. The molecule has 0 radical (unpaired) electrons. The third-order valence-corrected chi connectivity index (χ3v) is 5.07. The molecular formula is C15H19N3O4S. The Bertz CT molecular complexity index is 790. The molecule has 7 nitrogen and oxygen atoms in total. The average molecular weight is 337 g/mol. The van der Waals surface area contributed by atoms with Gasteiger partial charge in [-0.2, -0.15) is 4.72 Å². The van der Waals surface area contributed by atoms with E-state index in [0.717, 1.165) is 5.56 Å². The predicted octanol–water partition coefficient (Wildman–Crippen LogP) is 1.91. The molecule has 1 heterocycles. The molecule has 0 spiro atoms. The minimum atomic E-state index is -3.89. The lowest BCUT2D eigenvalue weighted by Crippen LogP contribution is -2.41. The number of hydrogen-bond acceptors (Lipinski definition) is 5. The van der Waals surface area contributed by atoms with Crippen LogP contribution in [0.1, 0.15) is 23.9 Å². The molecule has 2 N–H and O–H groups in total. The summed E-state index contributed by atoms with van der Waals surface area (Å²) in [5.41, 5.74) is 1.92. The second-order valence-electron chi connectivity index (χ2n) is 5.35. The molecule has 0 aliphatic heterocycles. The first kappa shape index (κ1) is 17.2. The number of nitrogens with one attached hydrogen (secondary N) is 2. The minimum Gasteiger partial charge on any atom is -0.360 e. The third kappa shape index (κ3) is 3.96. The molecular weight excluding hydrogens is 318 g/mol. The van der Waals surface area contributed by atoms with Gasteiger partial charge in [-0.25, -0.2) is 8.42 Å². The molecule has 2 rings (SSSR count). The normalized spacial score (nSPS) is 12.9. The van der Waals surface area contributed by atoms with Crippen LogP contribution in [0.2, 0.25) is 0 Å². The van der Waals surface area contributed by atoms with Crippen LogP contribution >= 0.6 is 0 Å². The SMILES string of the molecule is Cc1ccc(NC(=O)[C@H](C)NS(=O)(=O)c2c(C)noc2C)cc1. The van der Waals surface area contributed by atoms with Crippen LogP contribution in [0.5, 0.6) is 0 Å². The Kier molecular flexibility index (Phi) is 4.86. The first-order chi connectivity index (χ1) is 10.7. The van der Waals surface area contributed by atoms with E-state index in [1.807, 2.05) is 19.1 Å². The van der Waals surface area contributed by atoms with E-state index in [-0.39, 0.29) is 16.3 Å². The van der Waals surface area contributed by atoms with Gasteiger partial charge in [-0.3, -0.25) is 4.79 Å². The highest BCUT2D eigenvalue weighted by molar-refractivity contribution is 7.89. The Morgan fingerprint density at radius 1 is 1.17 bits per heavy atom. The molecule has 0 saturated carbocycles. The van der Waals surface area contributed by atoms with Crippen molar-refractivity contribution >= 4 is 21.6 Å². The van der Waals surface area contributed by atoms with Gasteiger partial charge in [-0.1, -0.05) is 22.9 Å². The van der Waals surface area contributed by atoms with Crippen LogP contribution < -0.4 is 10.0 Å². The number of sulfonamides is 1. The van der Waals surface area contributed by atoms with Crippen LogP contribution in [0, 0.1) is 20.8 Å². The molecule has 0 unspecified atom stereocenters. The lowest BCUT2D eigenvalue weighted by molar-refractivity contribution is -0.117. The van der Waals surface area contributed by atoms with Gasteiger partial charge < -0.3 is 9.84 Å².